The molecule has 0 bridgehead atoms. The first-order chi connectivity index (χ1) is 11.2. The van der Waals surface area contributed by atoms with E-state index in [4.69, 9.17) is 0 Å². The van der Waals surface area contributed by atoms with Crippen LogP contribution >= 0.6 is 0 Å². The van der Waals surface area contributed by atoms with Gasteiger partial charge in [0.15, 0.2) is 0 Å². The molecule has 4 nitrogen and oxygen atoms in total. The van der Waals surface area contributed by atoms with Crippen LogP contribution in [0.5, 0.6) is 0 Å². The summed E-state index contributed by atoms with van der Waals surface area (Å²) in [5, 5.41) is 0. The number of piperidine rings is 1. The van der Waals surface area contributed by atoms with Gasteiger partial charge in [0.25, 0.3) is 0 Å². The number of likely N-dealkylation sites (tertiary alicyclic amines) is 1. The average molecular weight is 319 g/mol. The molecule has 0 radical (unpaired) electrons. The second-order valence-corrected chi connectivity index (χ2v) is 7.80. The van der Waals surface area contributed by atoms with E-state index in [0.29, 0.717) is 6.04 Å². The molecule has 2 aliphatic rings. The lowest BCUT2D eigenvalue weighted by Crippen LogP contribution is -2.41. The summed E-state index contributed by atoms with van der Waals surface area (Å²) in [6, 6.07) is 1.45. The lowest BCUT2D eigenvalue weighted by Gasteiger charge is -2.37. The Morgan fingerprint density at radius 1 is 1.09 bits per heavy atom. The van der Waals surface area contributed by atoms with Crippen LogP contribution in [0.3, 0.4) is 0 Å². The van der Waals surface area contributed by atoms with Crippen LogP contribution in [0.15, 0.2) is 12.5 Å². The van der Waals surface area contributed by atoms with Crippen LogP contribution in [-0.2, 0) is 6.54 Å². The molecule has 1 aromatic rings. The fourth-order valence-electron chi connectivity index (χ4n) is 4.35. The molecule has 1 saturated carbocycles. The molecule has 4 heteroatoms. The van der Waals surface area contributed by atoms with E-state index in [0.717, 1.165) is 12.6 Å². The number of nitrogens with zero attached hydrogens (tertiary/aromatic N) is 4. The van der Waals surface area contributed by atoms with Gasteiger partial charge >= 0.3 is 0 Å². The normalized spacial score (nSPS) is 24.4. The summed E-state index contributed by atoms with van der Waals surface area (Å²) in [4.78, 5) is 9.53. The number of hydrogen-bond donors (Lipinski definition) is 0. The predicted octanol–water partition coefficient (Wildman–Crippen LogP) is 3.69. The third kappa shape index (κ3) is 4.57. The van der Waals surface area contributed by atoms with Crippen LogP contribution in [0.2, 0.25) is 0 Å². The molecule has 0 spiro atoms. The summed E-state index contributed by atoms with van der Waals surface area (Å²) < 4.78 is 2.50. The minimum absolute atomic E-state index is 0.700. The zero-order valence-corrected chi connectivity index (χ0v) is 15.1. The fourth-order valence-corrected chi connectivity index (χ4v) is 4.35. The van der Waals surface area contributed by atoms with E-state index in [-0.39, 0.29) is 0 Å². The van der Waals surface area contributed by atoms with Gasteiger partial charge in [-0.05, 0) is 59.3 Å². The van der Waals surface area contributed by atoms with Crippen molar-refractivity contribution in [2.45, 2.75) is 76.4 Å². The maximum absolute atomic E-state index is 4.49. The van der Waals surface area contributed by atoms with Gasteiger partial charge in [0, 0.05) is 24.8 Å². The first kappa shape index (κ1) is 17.0. The van der Waals surface area contributed by atoms with Gasteiger partial charge in [0.05, 0.1) is 12.0 Å². The molecule has 0 aromatic carbocycles. The predicted molar refractivity (Wildman–Crippen MR) is 95.6 cm³/mol. The zero-order chi connectivity index (χ0) is 16.1. The molecule has 1 unspecified atom stereocenters. The van der Waals surface area contributed by atoms with Gasteiger partial charge in [-0.3, -0.25) is 4.90 Å². The fraction of sp³-hybridized carbons (Fsp3) is 0.842. The van der Waals surface area contributed by atoms with E-state index in [9.17, 15) is 0 Å². The Morgan fingerprint density at radius 3 is 2.65 bits per heavy atom. The lowest BCUT2D eigenvalue weighted by molar-refractivity contribution is 0.120. The smallest absolute Gasteiger partial charge is 0.0951 e. The highest BCUT2D eigenvalue weighted by molar-refractivity contribution is 5.02. The van der Waals surface area contributed by atoms with Crippen molar-refractivity contribution in [3.8, 4) is 0 Å². The van der Waals surface area contributed by atoms with E-state index in [1.807, 2.05) is 0 Å². The van der Waals surface area contributed by atoms with Crippen LogP contribution in [0, 0.1) is 0 Å². The number of imidazole rings is 1. The van der Waals surface area contributed by atoms with Crippen LogP contribution in [0.1, 0.15) is 69.5 Å². The van der Waals surface area contributed by atoms with Crippen molar-refractivity contribution in [2.24, 2.45) is 0 Å². The molecule has 3 rings (SSSR count). The summed E-state index contributed by atoms with van der Waals surface area (Å²) >= 11 is 0. The summed E-state index contributed by atoms with van der Waals surface area (Å²) in [7, 11) is 4.37. The van der Waals surface area contributed by atoms with E-state index in [1.165, 1.54) is 76.6 Å². The van der Waals surface area contributed by atoms with Crippen molar-refractivity contribution >= 4 is 0 Å². The Hall–Kier alpha value is -0.870. The Bertz CT molecular complexity index is 462. The van der Waals surface area contributed by atoms with E-state index in [2.05, 4.69) is 46.0 Å². The van der Waals surface area contributed by atoms with Crippen molar-refractivity contribution in [1.29, 1.82) is 0 Å². The van der Waals surface area contributed by atoms with Gasteiger partial charge in [-0.25, -0.2) is 4.98 Å². The molecule has 1 atom stereocenters. The summed E-state index contributed by atoms with van der Waals surface area (Å²) in [5.74, 6) is 0. The first-order valence-corrected chi connectivity index (χ1v) is 9.63. The number of rotatable bonds is 6. The number of aromatic nitrogens is 2. The van der Waals surface area contributed by atoms with Crippen LogP contribution in [0.25, 0.3) is 0 Å². The van der Waals surface area contributed by atoms with Gasteiger partial charge in [0.1, 0.15) is 0 Å². The van der Waals surface area contributed by atoms with E-state index < -0.39 is 0 Å². The molecule has 130 valence electrons. The minimum atomic E-state index is 0.700. The Balaban J connectivity index is 1.63. The third-order valence-electron chi connectivity index (χ3n) is 5.74. The second kappa shape index (κ2) is 8.29. The zero-order valence-electron chi connectivity index (χ0n) is 15.1. The van der Waals surface area contributed by atoms with Gasteiger partial charge in [-0.2, -0.15) is 0 Å². The molecule has 1 aliphatic carbocycles. The van der Waals surface area contributed by atoms with Crippen LogP contribution in [0.4, 0.5) is 0 Å². The van der Waals surface area contributed by atoms with Crippen molar-refractivity contribution < 1.29 is 0 Å². The third-order valence-corrected chi connectivity index (χ3v) is 5.74. The molecule has 1 saturated heterocycles. The van der Waals surface area contributed by atoms with Crippen molar-refractivity contribution in [1.82, 2.24) is 19.4 Å². The Labute approximate surface area is 141 Å². The molecule has 1 aromatic heterocycles. The van der Waals surface area contributed by atoms with Crippen LogP contribution in [-0.4, -0.2) is 52.6 Å². The molecular weight excluding hydrogens is 284 g/mol. The molecule has 0 N–H and O–H groups in total. The highest BCUT2D eigenvalue weighted by Gasteiger charge is 2.25. The van der Waals surface area contributed by atoms with E-state index in [1.54, 1.807) is 0 Å². The molecular formula is C19H34N4. The quantitative estimate of drug-likeness (QED) is 0.799. The maximum Gasteiger partial charge on any atom is 0.0951 e. The Kier molecular flexibility index (Phi) is 6.12. The maximum atomic E-state index is 4.49. The average Bonchev–Trinajstić information content (AvgIpc) is 3.03. The van der Waals surface area contributed by atoms with Crippen molar-refractivity contribution in [2.75, 3.05) is 27.2 Å². The van der Waals surface area contributed by atoms with E-state index >= 15 is 0 Å². The Morgan fingerprint density at radius 2 is 1.87 bits per heavy atom. The first-order valence-electron chi connectivity index (χ1n) is 9.63. The van der Waals surface area contributed by atoms with Gasteiger partial charge in [-0.1, -0.05) is 25.7 Å². The molecule has 23 heavy (non-hydrogen) atoms. The molecule has 2 fully saturated rings. The number of hydrogen-bond acceptors (Lipinski definition) is 3. The summed E-state index contributed by atoms with van der Waals surface area (Å²) in [6.45, 7) is 3.55. The topological polar surface area (TPSA) is 24.3 Å². The standard InChI is InChI=1S/C19H34N4/c1-21(2)13-11-17-8-6-7-12-22(17)15-19-14-20-16-23(19)18-9-4-3-5-10-18/h14,16-18H,3-13,15H2,1-2H3. The highest BCUT2D eigenvalue weighted by atomic mass is 15.2. The monoisotopic (exact) mass is 318 g/mol. The largest absolute Gasteiger partial charge is 0.330 e. The summed E-state index contributed by atoms with van der Waals surface area (Å²) in [5.41, 5.74) is 1.44. The van der Waals surface area contributed by atoms with Gasteiger partial charge < -0.3 is 9.47 Å². The second-order valence-electron chi connectivity index (χ2n) is 7.80. The molecule has 2 heterocycles. The highest BCUT2D eigenvalue weighted by Crippen LogP contribution is 2.30. The minimum Gasteiger partial charge on any atom is -0.330 e. The molecule has 1 aliphatic heterocycles. The summed E-state index contributed by atoms with van der Waals surface area (Å²) in [6.07, 6.45) is 16.5. The van der Waals surface area contributed by atoms with Crippen molar-refractivity contribution in [3.63, 3.8) is 0 Å². The lowest BCUT2D eigenvalue weighted by atomic mass is 9.95. The molecule has 0 amide bonds. The van der Waals surface area contributed by atoms with Crippen LogP contribution < -0.4 is 0 Å². The van der Waals surface area contributed by atoms with Gasteiger partial charge in [0.2, 0.25) is 0 Å². The SMILES string of the molecule is CN(C)CCC1CCCCN1Cc1cncn1C1CCCCC1. The van der Waals surface area contributed by atoms with Crippen molar-refractivity contribution in [3.05, 3.63) is 18.2 Å². The van der Waals surface area contributed by atoms with Gasteiger partial charge in [-0.15, -0.1) is 0 Å².